The van der Waals surface area contributed by atoms with Crippen LogP contribution in [0.3, 0.4) is 0 Å². The topological polar surface area (TPSA) is 52.6 Å². The second-order valence-corrected chi connectivity index (χ2v) is 7.50. The van der Waals surface area contributed by atoms with E-state index in [1.807, 2.05) is 18.2 Å². The van der Waals surface area contributed by atoms with Crippen molar-refractivity contribution in [3.8, 4) is 0 Å². The Hall–Kier alpha value is -2.17. The molecule has 4 heteroatoms. The predicted octanol–water partition coefficient (Wildman–Crippen LogP) is 3.09. The fourth-order valence-electron chi connectivity index (χ4n) is 3.67. The van der Waals surface area contributed by atoms with Gasteiger partial charge in [-0.15, -0.1) is 0 Å². The third-order valence-corrected chi connectivity index (χ3v) is 5.38. The highest BCUT2D eigenvalue weighted by atomic mass is 16.3. The summed E-state index contributed by atoms with van der Waals surface area (Å²) in [6.07, 6.45) is 1.96. The van der Waals surface area contributed by atoms with Crippen molar-refractivity contribution in [1.29, 1.82) is 0 Å². The molecule has 2 N–H and O–H groups in total. The lowest BCUT2D eigenvalue weighted by Crippen LogP contribution is -2.41. The van der Waals surface area contributed by atoms with Crippen molar-refractivity contribution >= 4 is 5.91 Å². The molecule has 1 amide bonds. The van der Waals surface area contributed by atoms with E-state index in [-0.39, 0.29) is 17.9 Å². The van der Waals surface area contributed by atoms with Crippen molar-refractivity contribution in [2.45, 2.75) is 38.2 Å². The molecule has 27 heavy (non-hydrogen) atoms. The first-order chi connectivity index (χ1) is 13.1. The van der Waals surface area contributed by atoms with Crippen molar-refractivity contribution in [3.63, 3.8) is 0 Å². The number of carbonyl (C=O) groups excluding carboxylic acids is 1. The number of likely N-dealkylation sites (tertiary alicyclic amines) is 1. The molecule has 0 bridgehead atoms. The van der Waals surface area contributed by atoms with Gasteiger partial charge in [-0.3, -0.25) is 4.79 Å². The molecular formula is C23H30N2O2. The number of aliphatic hydroxyl groups excluding tert-OH is 1. The van der Waals surface area contributed by atoms with E-state index < -0.39 is 0 Å². The number of carbonyl (C=O) groups is 1. The Morgan fingerprint density at radius 1 is 1.07 bits per heavy atom. The summed E-state index contributed by atoms with van der Waals surface area (Å²) < 4.78 is 0. The van der Waals surface area contributed by atoms with Crippen LogP contribution < -0.4 is 5.32 Å². The number of piperidine rings is 1. The summed E-state index contributed by atoms with van der Waals surface area (Å²) in [5.41, 5.74) is 3.56. The van der Waals surface area contributed by atoms with Gasteiger partial charge in [-0.2, -0.15) is 0 Å². The van der Waals surface area contributed by atoms with E-state index in [2.05, 4.69) is 53.5 Å². The minimum atomic E-state index is -0.156. The lowest BCUT2D eigenvalue weighted by molar-refractivity contribution is -0.121. The molecule has 0 aromatic heterocycles. The molecule has 0 radical (unpaired) electrons. The lowest BCUT2D eigenvalue weighted by Gasteiger charge is -2.29. The Labute approximate surface area is 162 Å². The first kappa shape index (κ1) is 19.6. The molecule has 1 aliphatic rings. The minimum Gasteiger partial charge on any atom is -0.393 e. The Balaban J connectivity index is 1.57. The number of aryl methyl sites for hydroxylation is 1. The van der Waals surface area contributed by atoms with Crippen LogP contribution in [0.5, 0.6) is 0 Å². The van der Waals surface area contributed by atoms with Crippen molar-refractivity contribution in [3.05, 3.63) is 71.3 Å². The molecule has 0 saturated carbocycles. The van der Waals surface area contributed by atoms with Crippen LogP contribution in [0.2, 0.25) is 0 Å². The van der Waals surface area contributed by atoms with Gasteiger partial charge in [0.15, 0.2) is 0 Å². The van der Waals surface area contributed by atoms with Gasteiger partial charge in [0.25, 0.3) is 0 Å². The lowest BCUT2D eigenvalue weighted by atomic mass is 9.88. The zero-order valence-electron chi connectivity index (χ0n) is 16.1. The molecule has 144 valence electrons. The number of hydrogen-bond acceptors (Lipinski definition) is 3. The van der Waals surface area contributed by atoms with Crippen molar-refractivity contribution in [2.24, 2.45) is 0 Å². The minimum absolute atomic E-state index is 0.0666. The number of rotatable bonds is 7. The molecule has 1 aliphatic heterocycles. The highest BCUT2D eigenvalue weighted by molar-refractivity contribution is 5.77. The molecule has 1 saturated heterocycles. The molecule has 1 fully saturated rings. The Bertz CT molecular complexity index is 707. The van der Waals surface area contributed by atoms with Gasteiger partial charge in [-0.25, -0.2) is 0 Å². The standard InChI is InChI=1S/C23H30N2O2/c1-18-7-9-20(10-8-18)22(19-5-3-2-4-6-19)17-23(27)24-13-16-25-14-11-21(26)12-15-25/h2-10,21-22,26H,11-17H2,1H3,(H,24,27)/t22-/m1/s1. The van der Waals surface area contributed by atoms with Gasteiger partial charge in [0.05, 0.1) is 6.10 Å². The van der Waals surface area contributed by atoms with Crippen molar-refractivity contribution in [2.75, 3.05) is 26.2 Å². The Morgan fingerprint density at radius 2 is 1.70 bits per heavy atom. The van der Waals surface area contributed by atoms with E-state index in [0.717, 1.165) is 32.5 Å². The van der Waals surface area contributed by atoms with Crippen LogP contribution in [-0.4, -0.2) is 48.2 Å². The maximum absolute atomic E-state index is 12.6. The normalized spacial score (nSPS) is 16.8. The number of nitrogens with one attached hydrogen (secondary N) is 1. The zero-order valence-corrected chi connectivity index (χ0v) is 16.1. The number of nitrogens with zero attached hydrogens (tertiary/aromatic N) is 1. The van der Waals surface area contributed by atoms with Crippen molar-refractivity contribution < 1.29 is 9.90 Å². The quantitative estimate of drug-likeness (QED) is 0.792. The second kappa shape index (κ2) is 9.67. The molecule has 1 heterocycles. The molecule has 0 aliphatic carbocycles. The van der Waals surface area contributed by atoms with Gasteiger partial charge in [0.2, 0.25) is 5.91 Å². The van der Waals surface area contributed by atoms with Crippen LogP contribution in [0.15, 0.2) is 54.6 Å². The largest absolute Gasteiger partial charge is 0.393 e. The third kappa shape index (κ3) is 5.91. The van der Waals surface area contributed by atoms with Crippen LogP contribution in [-0.2, 0) is 4.79 Å². The molecule has 2 aromatic carbocycles. The van der Waals surface area contributed by atoms with E-state index in [0.29, 0.717) is 13.0 Å². The monoisotopic (exact) mass is 366 g/mol. The highest BCUT2D eigenvalue weighted by Gasteiger charge is 2.19. The van der Waals surface area contributed by atoms with Crippen molar-refractivity contribution in [1.82, 2.24) is 10.2 Å². The summed E-state index contributed by atoms with van der Waals surface area (Å²) in [6.45, 7) is 5.40. The van der Waals surface area contributed by atoms with Crippen LogP contribution in [0.25, 0.3) is 0 Å². The fourth-order valence-corrected chi connectivity index (χ4v) is 3.67. The zero-order chi connectivity index (χ0) is 19.1. The van der Waals surface area contributed by atoms with Gasteiger partial charge in [0.1, 0.15) is 0 Å². The molecule has 2 aromatic rings. The first-order valence-corrected chi connectivity index (χ1v) is 9.90. The fraction of sp³-hybridized carbons (Fsp3) is 0.435. The second-order valence-electron chi connectivity index (χ2n) is 7.50. The molecular weight excluding hydrogens is 336 g/mol. The molecule has 1 atom stereocenters. The molecule has 3 rings (SSSR count). The summed E-state index contributed by atoms with van der Waals surface area (Å²) in [5.74, 6) is 0.151. The summed E-state index contributed by atoms with van der Waals surface area (Å²) in [5, 5.41) is 12.7. The smallest absolute Gasteiger partial charge is 0.220 e. The maximum Gasteiger partial charge on any atom is 0.220 e. The van der Waals surface area contributed by atoms with Crippen LogP contribution in [0.4, 0.5) is 0 Å². The van der Waals surface area contributed by atoms with E-state index in [4.69, 9.17) is 0 Å². The van der Waals surface area contributed by atoms with Crippen LogP contribution >= 0.6 is 0 Å². The van der Waals surface area contributed by atoms with Gasteiger partial charge in [0, 0.05) is 38.5 Å². The third-order valence-electron chi connectivity index (χ3n) is 5.38. The molecule has 0 unspecified atom stereocenters. The average Bonchev–Trinajstić information content (AvgIpc) is 2.69. The maximum atomic E-state index is 12.6. The van der Waals surface area contributed by atoms with E-state index in [1.165, 1.54) is 16.7 Å². The summed E-state index contributed by atoms with van der Waals surface area (Å²) in [6, 6.07) is 18.7. The van der Waals surface area contributed by atoms with Crippen LogP contribution in [0.1, 0.15) is 41.9 Å². The summed E-state index contributed by atoms with van der Waals surface area (Å²) >= 11 is 0. The van der Waals surface area contributed by atoms with Gasteiger partial charge in [-0.1, -0.05) is 60.2 Å². The number of benzene rings is 2. The Morgan fingerprint density at radius 3 is 2.37 bits per heavy atom. The molecule has 4 nitrogen and oxygen atoms in total. The van der Waals surface area contributed by atoms with E-state index >= 15 is 0 Å². The number of amides is 1. The summed E-state index contributed by atoms with van der Waals surface area (Å²) in [4.78, 5) is 14.9. The van der Waals surface area contributed by atoms with E-state index in [1.54, 1.807) is 0 Å². The number of aliphatic hydroxyl groups is 1. The Kier molecular flexibility index (Phi) is 7.02. The molecule has 0 spiro atoms. The van der Waals surface area contributed by atoms with Crippen LogP contribution in [0, 0.1) is 6.92 Å². The first-order valence-electron chi connectivity index (χ1n) is 9.90. The highest BCUT2D eigenvalue weighted by Crippen LogP contribution is 2.28. The van der Waals surface area contributed by atoms with Gasteiger partial charge < -0.3 is 15.3 Å². The SMILES string of the molecule is Cc1ccc([C@H](CC(=O)NCCN2CCC(O)CC2)c2ccccc2)cc1. The number of hydrogen-bond donors (Lipinski definition) is 2. The van der Waals surface area contributed by atoms with E-state index in [9.17, 15) is 9.90 Å². The average molecular weight is 367 g/mol. The van der Waals surface area contributed by atoms with Gasteiger partial charge in [-0.05, 0) is 30.9 Å². The predicted molar refractivity (Wildman–Crippen MR) is 109 cm³/mol. The van der Waals surface area contributed by atoms with Gasteiger partial charge >= 0.3 is 0 Å². The summed E-state index contributed by atoms with van der Waals surface area (Å²) in [7, 11) is 0.